The Kier molecular flexibility index (Phi) is 4.64. The molecule has 1 aromatic heterocycles. The summed E-state index contributed by atoms with van der Waals surface area (Å²) in [6, 6.07) is 5.86. The highest BCUT2D eigenvalue weighted by Gasteiger charge is 2.35. The molecule has 0 fully saturated rings. The quantitative estimate of drug-likeness (QED) is 0.782. The van der Waals surface area contributed by atoms with Gasteiger partial charge in [-0.3, -0.25) is 4.79 Å². The van der Waals surface area contributed by atoms with E-state index in [1.54, 1.807) is 13.3 Å². The molecule has 0 spiro atoms. The number of hydrogen-bond acceptors (Lipinski definition) is 4. The van der Waals surface area contributed by atoms with Crippen molar-refractivity contribution in [3.05, 3.63) is 42.2 Å². The number of fused-ring (bicyclic) bond motifs is 1. The number of aryl methyl sites for hydroxylation is 1. The molecular weight excluding hydrogens is 334 g/mol. The Morgan fingerprint density at radius 2 is 2.12 bits per heavy atom. The van der Waals surface area contributed by atoms with E-state index in [2.05, 4.69) is 31.8 Å². The maximum atomic E-state index is 13.1. The summed E-state index contributed by atoms with van der Waals surface area (Å²) in [4.78, 5) is 19.2. The van der Waals surface area contributed by atoms with Crippen molar-refractivity contribution >= 4 is 28.9 Å². The number of thioether (sulfide) groups is 1. The second-order valence-electron chi connectivity index (χ2n) is 6.70. The van der Waals surface area contributed by atoms with Gasteiger partial charge in [0.05, 0.1) is 24.1 Å². The van der Waals surface area contributed by atoms with E-state index in [1.807, 2.05) is 40.9 Å². The Balaban J connectivity index is 1.91. The fourth-order valence-electron chi connectivity index (χ4n) is 3.27. The summed E-state index contributed by atoms with van der Waals surface area (Å²) in [5, 5.41) is 0.838. The maximum absolute atomic E-state index is 13.1. The molecule has 0 radical (unpaired) electrons. The van der Waals surface area contributed by atoms with E-state index in [0.29, 0.717) is 5.75 Å². The van der Waals surface area contributed by atoms with Crippen molar-refractivity contribution in [1.29, 1.82) is 0 Å². The van der Waals surface area contributed by atoms with Crippen LogP contribution < -0.4 is 9.64 Å². The van der Waals surface area contributed by atoms with Crippen LogP contribution in [0, 0.1) is 0 Å². The van der Waals surface area contributed by atoms with Gasteiger partial charge in [-0.1, -0.05) is 17.8 Å². The first-order valence-corrected chi connectivity index (χ1v) is 9.13. The standard InChI is InChI=1S/C19H23N3O2S/c1-13-11-19(2,3)22(16-7-6-14(24-5)10-15(13)16)17(23)12-25-18-20-8-9-21(18)4/h6-11H,12H2,1-5H3. The van der Waals surface area contributed by atoms with E-state index < -0.39 is 0 Å². The second-order valence-corrected chi connectivity index (χ2v) is 7.65. The number of rotatable bonds is 4. The minimum atomic E-state index is -0.384. The zero-order valence-corrected chi connectivity index (χ0v) is 16.1. The van der Waals surface area contributed by atoms with Gasteiger partial charge in [-0.05, 0) is 44.5 Å². The maximum Gasteiger partial charge on any atom is 0.238 e. The van der Waals surface area contributed by atoms with Crippen molar-refractivity contribution in [1.82, 2.24) is 9.55 Å². The van der Waals surface area contributed by atoms with Crippen molar-refractivity contribution in [2.45, 2.75) is 31.5 Å². The molecule has 5 nitrogen and oxygen atoms in total. The highest BCUT2D eigenvalue weighted by molar-refractivity contribution is 7.99. The van der Waals surface area contributed by atoms with Crippen molar-refractivity contribution < 1.29 is 9.53 Å². The molecule has 6 heteroatoms. The molecule has 132 valence electrons. The number of imidazole rings is 1. The minimum absolute atomic E-state index is 0.0631. The van der Waals surface area contributed by atoms with Crippen LogP contribution in [0.5, 0.6) is 5.75 Å². The number of methoxy groups -OCH3 is 1. The van der Waals surface area contributed by atoms with Gasteiger partial charge >= 0.3 is 0 Å². The van der Waals surface area contributed by atoms with Crippen LogP contribution in [0.2, 0.25) is 0 Å². The zero-order valence-electron chi connectivity index (χ0n) is 15.2. The first kappa shape index (κ1) is 17.6. The van der Waals surface area contributed by atoms with Crippen molar-refractivity contribution in [3.63, 3.8) is 0 Å². The number of anilines is 1. The van der Waals surface area contributed by atoms with Gasteiger partial charge < -0.3 is 14.2 Å². The number of hydrogen-bond donors (Lipinski definition) is 0. The Labute approximate surface area is 152 Å². The molecule has 0 atom stereocenters. The molecule has 1 amide bonds. The zero-order chi connectivity index (χ0) is 18.2. The van der Waals surface area contributed by atoms with Crippen LogP contribution >= 0.6 is 11.8 Å². The fraction of sp³-hybridized carbons (Fsp3) is 0.368. The largest absolute Gasteiger partial charge is 0.497 e. The Morgan fingerprint density at radius 1 is 1.36 bits per heavy atom. The molecule has 2 heterocycles. The van der Waals surface area contributed by atoms with Crippen LogP contribution in [0.1, 0.15) is 26.3 Å². The van der Waals surface area contributed by atoms with Gasteiger partial charge in [0, 0.05) is 25.0 Å². The van der Waals surface area contributed by atoms with Crippen molar-refractivity contribution in [2.75, 3.05) is 17.8 Å². The fourth-order valence-corrected chi connectivity index (χ4v) is 4.05. The van der Waals surface area contributed by atoms with Crippen LogP contribution in [0.15, 0.2) is 41.8 Å². The molecule has 0 saturated carbocycles. The summed E-state index contributed by atoms with van der Waals surface area (Å²) in [5.41, 5.74) is 2.73. The van der Waals surface area contributed by atoms with Crippen LogP contribution in [0.25, 0.3) is 5.57 Å². The molecule has 0 bridgehead atoms. The van der Waals surface area contributed by atoms with Crippen LogP contribution in [-0.2, 0) is 11.8 Å². The van der Waals surface area contributed by atoms with Gasteiger partial charge in [-0.15, -0.1) is 0 Å². The predicted molar refractivity (Wildman–Crippen MR) is 102 cm³/mol. The molecule has 0 unspecified atom stereocenters. The number of allylic oxidation sites excluding steroid dienone is 1. The Bertz CT molecular complexity index is 839. The van der Waals surface area contributed by atoms with E-state index in [4.69, 9.17) is 4.74 Å². The molecule has 1 aliphatic rings. The van der Waals surface area contributed by atoms with Gasteiger partial charge in [-0.2, -0.15) is 0 Å². The Morgan fingerprint density at radius 3 is 2.76 bits per heavy atom. The van der Waals surface area contributed by atoms with Crippen LogP contribution in [0.3, 0.4) is 0 Å². The molecule has 3 rings (SSSR count). The number of ether oxygens (including phenoxy) is 1. The summed E-state index contributed by atoms with van der Waals surface area (Å²) < 4.78 is 7.26. The third-order valence-electron chi connectivity index (χ3n) is 4.37. The minimum Gasteiger partial charge on any atom is -0.497 e. The molecule has 25 heavy (non-hydrogen) atoms. The number of carbonyl (C=O) groups is 1. The van der Waals surface area contributed by atoms with Gasteiger partial charge in [0.15, 0.2) is 5.16 Å². The number of carbonyl (C=O) groups excluding carboxylic acids is 1. The number of aromatic nitrogens is 2. The van der Waals surface area contributed by atoms with Crippen LogP contribution in [0.4, 0.5) is 5.69 Å². The highest BCUT2D eigenvalue weighted by atomic mass is 32.2. The van der Waals surface area contributed by atoms with Crippen LogP contribution in [-0.4, -0.2) is 33.9 Å². The van der Waals surface area contributed by atoms with E-state index >= 15 is 0 Å². The normalized spacial score (nSPS) is 15.6. The SMILES string of the molecule is COc1ccc2c(c1)C(C)=CC(C)(C)N2C(=O)CSc1nccn1C. The van der Waals surface area contributed by atoms with Crippen molar-refractivity contribution in [3.8, 4) is 5.75 Å². The molecule has 0 aliphatic carbocycles. The third kappa shape index (κ3) is 3.31. The number of nitrogens with zero attached hydrogens (tertiary/aromatic N) is 3. The van der Waals surface area contributed by atoms with Crippen molar-refractivity contribution in [2.24, 2.45) is 7.05 Å². The van der Waals surface area contributed by atoms with Gasteiger partial charge in [0.2, 0.25) is 5.91 Å². The molecular formula is C19H23N3O2S. The Hall–Kier alpha value is -2.21. The smallest absolute Gasteiger partial charge is 0.238 e. The molecule has 1 aliphatic heterocycles. The lowest BCUT2D eigenvalue weighted by Crippen LogP contribution is -2.49. The summed E-state index contributed by atoms with van der Waals surface area (Å²) in [7, 11) is 3.58. The lowest BCUT2D eigenvalue weighted by Gasteiger charge is -2.41. The van der Waals surface area contributed by atoms with Gasteiger partial charge in [0.25, 0.3) is 0 Å². The summed E-state index contributed by atoms with van der Waals surface area (Å²) in [6.07, 6.45) is 5.76. The van der Waals surface area contributed by atoms with E-state index in [-0.39, 0.29) is 11.4 Å². The second kappa shape index (κ2) is 6.59. The molecule has 2 aromatic rings. The topological polar surface area (TPSA) is 47.4 Å². The molecule has 0 saturated heterocycles. The number of amides is 1. The summed E-state index contributed by atoms with van der Waals surface area (Å²) in [5.74, 6) is 1.20. The third-order valence-corrected chi connectivity index (χ3v) is 5.41. The first-order valence-electron chi connectivity index (χ1n) is 8.14. The molecule has 0 N–H and O–H groups in total. The highest BCUT2D eigenvalue weighted by Crippen LogP contribution is 2.41. The first-order chi connectivity index (χ1) is 11.8. The van der Waals surface area contributed by atoms with Gasteiger partial charge in [0.1, 0.15) is 5.75 Å². The molecule has 1 aromatic carbocycles. The van der Waals surface area contributed by atoms with Gasteiger partial charge in [-0.25, -0.2) is 4.98 Å². The van der Waals surface area contributed by atoms with E-state index in [9.17, 15) is 4.79 Å². The average molecular weight is 357 g/mol. The van der Waals surface area contributed by atoms with E-state index in [0.717, 1.165) is 27.7 Å². The summed E-state index contributed by atoms with van der Waals surface area (Å²) in [6.45, 7) is 6.20. The lowest BCUT2D eigenvalue weighted by molar-refractivity contribution is -0.116. The number of benzene rings is 1. The average Bonchev–Trinajstić information content (AvgIpc) is 2.97. The summed E-state index contributed by atoms with van der Waals surface area (Å²) >= 11 is 1.45. The predicted octanol–water partition coefficient (Wildman–Crippen LogP) is 3.75. The van der Waals surface area contributed by atoms with E-state index in [1.165, 1.54) is 11.8 Å². The lowest BCUT2D eigenvalue weighted by atomic mass is 9.88. The monoisotopic (exact) mass is 357 g/mol.